The Morgan fingerprint density at radius 3 is 2.41 bits per heavy atom. The number of nitrogens with zero attached hydrogens (tertiary/aromatic N) is 4. The molecule has 2 aliphatic heterocycles. The van der Waals surface area contributed by atoms with Crippen LogP contribution in [0.4, 0.5) is 5.69 Å². The predicted molar refractivity (Wildman–Crippen MR) is 184 cm³/mol. The minimum atomic E-state index is -0.500. The second-order valence-electron chi connectivity index (χ2n) is 12.8. The number of amides is 2. The van der Waals surface area contributed by atoms with E-state index >= 15 is 0 Å². The average Bonchev–Trinajstić information content (AvgIpc) is 2.98. The fraction of sp³-hybridized carbons (Fsp3) is 0.719. The van der Waals surface area contributed by atoms with Crippen molar-refractivity contribution in [2.45, 2.75) is 59.0 Å². The van der Waals surface area contributed by atoms with Crippen LogP contribution in [0, 0.1) is 11.8 Å². The third-order valence-electron chi connectivity index (χ3n) is 7.34. The van der Waals surface area contributed by atoms with Gasteiger partial charge in [0.2, 0.25) is 11.8 Å². The van der Waals surface area contributed by atoms with E-state index in [2.05, 4.69) is 30.7 Å². The third-order valence-corrected chi connectivity index (χ3v) is 8.08. The SMILES string of the molecule is CC(C)(C)O.CC(CNc1ccc(Cl)c(Cl)c1)C(N)=NC(=O)CCCNC(=O)COCCN1CCC(CN2CC[N-]CC2)CC1.[Y]. The molecule has 0 saturated carbocycles. The quantitative estimate of drug-likeness (QED) is 0.119. The number of nitrogens with one attached hydrogen (secondary N) is 2. The maximum absolute atomic E-state index is 12.2. The van der Waals surface area contributed by atoms with Gasteiger partial charge in [-0.15, -0.1) is 13.1 Å². The van der Waals surface area contributed by atoms with Crippen LogP contribution < -0.4 is 16.4 Å². The van der Waals surface area contributed by atoms with Gasteiger partial charge in [0.05, 0.1) is 22.3 Å². The van der Waals surface area contributed by atoms with Gasteiger partial charge in [0, 0.05) is 76.9 Å². The van der Waals surface area contributed by atoms with Gasteiger partial charge in [-0.2, -0.15) is 0 Å². The van der Waals surface area contributed by atoms with Crippen LogP contribution in [-0.4, -0.2) is 117 Å². The fourth-order valence-corrected chi connectivity index (χ4v) is 5.05. The molecular weight excluding hydrogens is 706 g/mol. The molecule has 0 spiro atoms. The van der Waals surface area contributed by atoms with Crippen molar-refractivity contribution in [2.24, 2.45) is 22.6 Å². The normalized spacial score (nSPS) is 17.3. The minimum absolute atomic E-state index is 0. The molecule has 1 unspecified atom stereocenters. The van der Waals surface area contributed by atoms with Crippen molar-refractivity contribution in [1.82, 2.24) is 15.1 Å². The number of hydrogen-bond donors (Lipinski definition) is 4. The summed E-state index contributed by atoms with van der Waals surface area (Å²) in [4.78, 5) is 33.2. The molecule has 11 nitrogen and oxygen atoms in total. The Morgan fingerprint density at radius 1 is 1.13 bits per heavy atom. The molecule has 46 heavy (non-hydrogen) atoms. The number of anilines is 1. The van der Waals surface area contributed by atoms with Gasteiger partial charge in [-0.1, -0.05) is 30.1 Å². The number of piperazine rings is 1. The smallest absolute Gasteiger partial charge is 0.247 e. The van der Waals surface area contributed by atoms with Crippen LogP contribution >= 0.6 is 23.2 Å². The van der Waals surface area contributed by atoms with E-state index in [0.29, 0.717) is 36.2 Å². The predicted octanol–water partition coefficient (Wildman–Crippen LogP) is 4.01. The zero-order chi connectivity index (χ0) is 33.2. The van der Waals surface area contributed by atoms with Crippen molar-refractivity contribution in [3.63, 3.8) is 0 Å². The van der Waals surface area contributed by atoms with E-state index in [-0.39, 0.29) is 69.3 Å². The number of ether oxygens (including phenoxy) is 1. The molecule has 0 aliphatic carbocycles. The van der Waals surface area contributed by atoms with Gasteiger partial charge in [0.1, 0.15) is 12.4 Å². The van der Waals surface area contributed by atoms with Crippen molar-refractivity contribution in [3.8, 4) is 0 Å². The summed E-state index contributed by atoms with van der Waals surface area (Å²) in [5.41, 5.74) is 6.31. The summed E-state index contributed by atoms with van der Waals surface area (Å²) in [6.45, 7) is 16.9. The topological polar surface area (TPSA) is 147 Å². The van der Waals surface area contributed by atoms with Gasteiger partial charge in [-0.05, 0) is 90.3 Å². The monoisotopic (exact) mass is 759 g/mol. The number of benzene rings is 1. The second kappa shape index (κ2) is 23.5. The first-order valence-corrected chi connectivity index (χ1v) is 16.8. The molecule has 1 aromatic carbocycles. The summed E-state index contributed by atoms with van der Waals surface area (Å²) in [5.74, 6) is 0.398. The molecule has 1 aromatic rings. The molecule has 14 heteroatoms. The van der Waals surface area contributed by atoms with E-state index in [1.165, 1.54) is 19.4 Å². The molecule has 259 valence electrons. The molecule has 2 amide bonds. The maximum Gasteiger partial charge on any atom is 0.247 e. The standard InChI is InChI=1S/C28H44Cl2N7O3.C4H10O.Y/c1-21(18-34-23-4-5-24(29)25(30)17-23)28(31)35-26(38)3-2-8-33-27(39)20-40-16-15-36-11-6-22(7-12-36)19-37-13-9-32-10-14-37;1-4(2,3)5;/h4-5,17,21-22,34H,2-3,6-16,18-20H2,1H3,(H,33,39)(H2,31,35,38);5H,1-3H3;/q-1;;. The summed E-state index contributed by atoms with van der Waals surface area (Å²) >= 11 is 12.0. The molecule has 5 N–H and O–H groups in total. The van der Waals surface area contributed by atoms with E-state index < -0.39 is 5.60 Å². The average molecular weight is 761 g/mol. The Bertz CT molecular complexity index is 1060. The number of hydrogen-bond acceptors (Lipinski definition) is 7. The number of nitrogens with two attached hydrogens (primary N) is 1. The van der Waals surface area contributed by atoms with Crippen LogP contribution in [-0.2, 0) is 47.0 Å². The molecule has 2 saturated heterocycles. The fourth-order valence-electron chi connectivity index (χ4n) is 4.76. The minimum Gasteiger partial charge on any atom is -0.660 e. The van der Waals surface area contributed by atoms with Crippen LogP contribution in [0.15, 0.2) is 23.2 Å². The number of carbonyl (C=O) groups excluding carboxylic acids is 2. The summed E-state index contributed by atoms with van der Waals surface area (Å²) in [6.07, 6.45) is 3.13. The van der Waals surface area contributed by atoms with Crippen LogP contribution in [0.2, 0.25) is 10.0 Å². The largest absolute Gasteiger partial charge is 0.660 e. The van der Waals surface area contributed by atoms with Crippen molar-refractivity contribution in [2.75, 3.05) is 84.0 Å². The van der Waals surface area contributed by atoms with E-state index in [1.54, 1.807) is 32.9 Å². The van der Waals surface area contributed by atoms with E-state index in [4.69, 9.17) is 38.8 Å². The molecule has 0 aromatic heterocycles. The van der Waals surface area contributed by atoms with Gasteiger partial charge < -0.3 is 41.3 Å². The van der Waals surface area contributed by atoms with Crippen molar-refractivity contribution in [1.29, 1.82) is 0 Å². The zero-order valence-corrected chi connectivity index (χ0v) is 32.4. The number of carbonyl (C=O) groups is 2. The van der Waals surface area contributed by atoms with Gasteiger partial charge in [-0.25, -0.2) is 4.99 Å². The Morgan fingerprint density at radius 2 is 1.78 bits per heavy atom. The first kappa shape index (κ1) is 43.1. The Balaban J connectivity index is 0.00000163. The Labute approximate surface area is 311 Å². The molecule has 1 atom stereocenters. The van der Waals surface area contributed by atoms with Crippen LogP contribution in [0.3, 0.4) is 0 Å². The molecule has 1 radical (unpaired) electrons. The second-order valence-corrected chi connectivity index (χ2v) is 13.6. The van der Waals surface area contributed by atoms with Gasteiger partial charge in [-0.3, -0.25) is 9.59 Å². The zero-order valence-electron chi connectivity index (χ0n) is 28.1. The number of halogens is 2. The summed E-state index contributed by atoms with van der Waals surface area (Å²) in [5, 5.41) is 19.9. The van der Waals surface area contributed by atoms with E-state index in [0.717, 1.165) is 57.4 Å². The Hall–Kier alpha value is -0.886. The van der Waals surface area contributed by atoms with E-state index in [9.17, 15) is 9.59 Å². The molecular formula is C32H54Cl2N7O4Y-. The number of piperidine rings is 1. The third kappa shape index (κ3) is 20.5. The maximum atomic E-state index is 12.2. The number of likely N-dealkylation sites (tertiary alicyclic amines) is 1. The van der Waals surface area contributed by atoms with E-state index in [1.807, 2.05) is 13.0 Å². The number of amidine groups is 1. The number of rotatable bonds is 15. The van der Waals surface area contributed by atoms with Gasteiger partial charge >= 0.3 is 0 Å². The van der Waals surface area contributed by atoms with Crippen LogP contribution in [0.1, 0.15) is 53.4 Å². The van der Waals surface area contributed by atoms with Crippen LogP contribution in [0.25, 0.3) is 5.32 Å². The summed E-state index contributed by atoms with van der Waals surface area (Å²) in [7, 11) is 0. The summed E-state index contributed by atoms with van der Waals surface area (Å²) < 4.78 is 5.57. The molecule has 3 rings (SSSR count). The van der Waals surface area contributed by atoms with Crippen molar-refractivity contribution >= 4 is 46.5 Å². The van der Waals surface area contributed by atoms with Crippen molar-refractivity contribution < 1.29 is 52.1 Å². The van der Waals surface area contributed by atoms with Crippen molar-refractivity contribution in [3.05, 3.63) is 33.6 Å². The van der Waals surface area contributed by atoms with Gasteiger partial charge in [0.15, 0.2) is 0 Å². The van der Waals surface area contributed by atoms with Crippen LogP contribution in [0.5, 0.6) is 0 Å². The molecule has 2 fully saturated rings. The molecule has 2 heterocycles. The number of aliphatic imine (C=N–C) groups is 1. The summed E-state index contributed by atoms with van der Waals surface area (Å²) in [6, 6.07) is 5.25. The first-order chi connectivity index (χ1) is 21.3. The number of aliphatic hydroxyl groups is 1. The molecule has 0 bridgehead atoms. The van der Waals surface area contributed by atoms with Gasteiger partial charge in [0.25, 0.3) is 0 Å². The first-order valence-electron chi connectivity index (χ1n) is 16.0. The Kier molecular flexibility index (Phi) is 22.0. The molecule has 2 aliphatic rings.